The van der Waals surface area contributed by atoms with Crippen LogP contribution in [0.2, 0.25) is 0 Å². The number of fused-ring (bicyclic) bond motifs is 1. The quantitative estimate of drug-likeness (QED) is 0.627. The Bertz CT molecular complexity index is 483. The Morgan fingerprint density at radius 2 is 2.20 bits per heavy atom. The second-order valence-electron chi connectivity index (χ2n) is 3.01. The topological polar surface area (TPSA) is 12.4 Å². The largest absolute Gasteiger partial charge is 0.267 e. The maximum Gasteiger partial charge on any atom is 0.132 e. The normalized spacial score (nSPS) is 18.7. The lowest BCUT2D eigenvalue weighted by Gasteiger charge is -2.08. The van der Waals surface area contributed by atoms with E-state index in [2.05, 4.69) is 10.9 Å². The van der Waals surface area contributed by atoms with Crippen molar-refractivity contribution in [3.63, 3.8) is 0 Å². The number of terminal acetylenes is 1. The highest BCUT2D eigenvalue weighted by Crippen LogP contribution is 2.28. The van der Waals surface area contributed by atoms with Gasteiger partial charge in [0.2, 0.25) is 0 Å². The Morgan fingerprint density at radius 1 is 1.40 bits per heavy atom. The molecule has 1 aromatic carbocycles. The summed E-state index contributed by atoms with van der Waals surface area (Å²) in [6.45, 7) is 0.483. The van der Waals surface area contributed by atoms with Crippen molar-refractivity contribution in [3.8, 4) is 12.3 Å². The Balaban J connectivity index is 2.49. The van der Waals surface area contributed by atoms with Crippen LogP contribution in [0.25, 0.3) is 0 Å². The Labute approximate surface area is 98.2 Å². The first-order chi connectivity index (χ1) is 7.31. The van der Waals surface area contributed by atoms with Gasteiger partial charge in [-0.1, -0.05) is 47.5 Å². The Morgan fingerprint density at radius 3 is 3.00 bits per heavy atom. The van der Waals surface area contributed by atoms with E-state index in [1.807, 2.05) is 29.7 Å². The molecule has 74 valence electrons. The lowest BCUT2D eigenvalue weighted by Crippen LogP contribution is -1.99. The summed E-state index contributed by atoms with van der Waals surface area (Å²) in [5.41, 5.74) is 1.82. The molecule has 0 N–H and O–H groups in total. The van der Waals surface area contributed by atoms with E-state index in [1.54, 1.807) is 11.8 Å². The first-order valence-electron chi connectivity index (χ1n) is 4.43. The van der Waals surface area contributed by atoms with Crippen molar-refractivity contribution in [2.75, 3.05) is 6.54 Å². The fraction of sp³-hybridized carbons (Fsp3) is 0.0833. The minimum Gasteiger partial charge on any atom is -0.267 e. The number of hydrogen-bond acceptors (Lipinski definition) is 2. The molecule has 0 aliphatic carbocycles. The molecule has 0 saturated carbocycles. The summed E-state index contributed by atoms with van der Waals surface area (Å²) < 4.78 is 0. The molecule has 1 aliphatic rings. The van der Waals surface area contributed by atoms with E-state index in [9.17, 15) is 0 Å². The summed E-state index contributed by atoms with van der Waals surface area (Å²) >= 11 is 7.68. The molecule has 1 heterocycles. The van der Waals surface area contributed by atoms with Crippen LogP contribution in [-0.2, 0) is 0 Å². The average molecular weight is 234 g/mol. The molecule has 0 bridgehead atoms. The zero-order chi connectivity index (χ0) is 10.7. The highest BCUT2D eigenvalue weighted by Gasteiger charge is 2.09. The molecule has 1 aliphatic heterocycles. The molecule has 0 aromatic heterocycles. The summed E-state index contributed by atoms with van der Waals surface area (Å²) in [4.78, 5) is 5.32. The van der Waals surface area contributed by atoms with Crippen LogP contribution in [0.4, 0.5) is 0 Å². The smallest absolute Gasteiger partial charge is 0.132 e. The number of halogens is 1. The van der Waals surface area contributed by atoms with Crippen LogP contribution < -0.4 is 0 Å². The van der Waals surface area contributed by atoms with Crippen molar-refractivity contribution >= 4 is 28.5 Å². The van der Waals surface area contributed by atoms with Crippen LogP contribution in [-0.4, -0.2) is 11.7 Å². The standard InChI is InChI=1S/C12H8ClNS/c1-2-9-7-14-12(13)10-5-3-4-6-11(10)15-8-9/h1,3-6,8H,7H2/b9-8-,14-12?. The number of thioether (sulfide) groups is 1. The van der Waals surface area contributed by atoms with E-state index >= 15 is 0 Å². The van der Waals surface area contributed by atoms with E-state index in [4.69, 9.17) is 18.0 Å². The highest BCUT2D eigenvalue weighted by atomic mass is 35.5. The van der Waals surface area contributed by atoms with Crippen LogP contribution in [0.3, 0.4) is 0 Å². The number of hydrogen-bond donors (Lipinski definition) is 0. The first-order valence-corrected chi connectivity index (χ1v) is 5.68. The molecule has 0 saturated heterocycles. The molecule has 1 aromatic rings. The van der Waals surface area contributed by atoms with Gasteiger partial charge in [-0.05, 0) is 11.5 Å². The van der Waals surface area contributed by atoms with Crippen molar-refractivity contribution < 1.29 is 0 Å². The zero-order valence-electron chi connectivity index (χ0n) is 7.90. The van der Waals surface area contributed by atoms with Gasteiger partial charge in [0.05, 0.1) is 6.54 Å². The maximum atomic E-state index is 6.09. The van der Waals surface area contributed by atoms with Gasteiger partial charge in [-0.3, -0.25) is 4.99 Å². The summed E-state index contributed by atoms with van der Waals surface area (Å²) in [6.07, 6.45) is 5.35. The van der Waals surface area contributed by atoms with Gasteiger partial charge >= 0.3 is 0 Å². The van der Waals surface area contributed by atoms with Gasteiger partial charge in [0.25, 0.3) is 0 Å². The molecule has 0 radical (unpaired) electrons. The lowest BCUT2D eigenvalue weighted by atomic mass is 10.2. The van der Waals surface area contributed by atoms with Gasteiger partial charge in [-0.2, -0.15) is 0 Å². The second-order valence-corrected chi connectivity index (χ2v) is 4.28. The molecule has 3 heteroatoms. The van der Waals surface area contributed by atoms with Gasteiger partial charge in [0.15, 0.2) is 0 Å². The van der Waals surface area contributed by atoms with E-state index in [0.717, 1.165) is 16.0 Å². The van der Waals surface area contributed by atoms with Crippen molar-refractivity contribution in [3.05, 3.63) is 40.8 Å². The molecule has 0 amide bonds. The Kier molecular flexibility index (Phi) is 3.15. The predicted molar refractivity (Wildman–Crippen MR) is 66.5 cm³/mol. The number of nitrogens with zero attached hydrogens (tertiary/aromatic N) is 1. The van der Waals surface area contributed by atoms with Crippen molar-refractivity contribution in [2.24, 2.45) is 4.99 Å². The second kappa shape index (κ2) is 4.57. The minimum absolute atomic E-state index is 0.483. The molecule has 2 rings (SSSR count). The van der Waals surface area contributed by atoms with E-state index < -0.39 is 0 Å². The van der Waals surface area contributed by atoms with Crippen LogP contribution >= 0.6 is 23.4 Å². The van der Waals surface area contributed by atoms with Gasteiger partial charge in [0, 0.05) is 16.0 Å². The predicted octanol–water partition coefficient (Wildman–Crippen LogP) is 3.29. The maximum absolute atomic E-state index is 6.09. The van der Waals surface area contributed by atoms with E-state index in [0.29, 0.717) is 11.7 Å². The fourth-order valence-electron chi connectivity index (χ4n) is 1.23. The number of rotatable bonds is 0. The summed E-state index contributed by atoms with van der Waals surface area (Å²) in [6, 6.07) is 7.89. The van der Waals surface area contributed by atoms with Gasteiger partial charge in [-0.25, -0.2) is 0 Å². The van der Waals surface area contributed by atoms with Crippen molar-refractivity contribution in [2.45, 2.75) is 4.90 Å². The zero-order valence-corrected chi connectivity index (χ0v) is 9.48. The lowest BCUT2D eigenvalue weighted by molar-refractivity contribution is 1.20. The molecular weight excluding hydrogens is 226 g/mol. The summed E-state index contributed by atoms with van der Waals surface area (Å²) in [5, 5.41) is 2.48. The molecular formula is C12H8ClNS. The SMILES string of the molecule is C#C/C1=C/Sc2ccccc2C(Cl)=NC1. The summed E-state index contributed by atoms with van der Waals surface area (Å²) in [5.74, 6) is 2.60. The van der Waals surface area contributed by atoms with Crippen molar-refractivity contribution in [1.82, 2.24) is 0 Å². The monoisotopic (exact) mass is 233 g/mol. The van der Waals surface area contributed by atoms with Crippen LogP contribution in [0.5, 0.6) is 0 Å². The molecule has 0 unspecified atom stereocenters. The van der Waals surface area contributed by atoms with Gasteiger partial charge in [-0.15, -0.1) is 6.42 Å². The van der Waals surface area contributed by atoms with Crippen LogP contribution in [0.15, 0.2) is 45.1 Å². The summed E-state index contributed by atoms with van der Waals surface area (Å²) in [7, 11) is 0. The molecule has 0 spiro atoms. The van der Waals surface area contributed by atoms with Gasteiger partial charge < -0.3 is 0 Å². The molecule has 15 heavy (non-hydrogen) atoms. The van der Waals surface area contributed by atoms with Gasteiger partial charge in [0.1, 0.15) is 5.17 Å². The van der Waals surface area contributed by atoms with Crippen LogP contribution in [0.1, 0.15) is 5.56 Å². The van der Waals surface area contributed by atoms with Crippen LogP contribution in [0, 0.1) is 12.3 Å². The van der Waals surface area contributed by atoms with Crippen molar-refractivity contribution in [1.29, 1.82) is 0 Å². The molecule has 0 atom stereocenters. The molecule has 1 nitrogen and oxygen atoms in total. The Hall–Kier alpha value is -1.17. The fourth-order valence-corrected chi connectivity index (χ4v) is 2.37. The molecule has 0 fully saturated rings. The average Bonchev–Trinajstić information content (AvgIpc) is 2.27. The number of aliphatic imine (C=N–C) groups is 1. The highest BCUT2D eigenvalue weighted by molar-refractivity contribution is 8.02. The first kappa shape index (κ1) is 10.4. The number of benzene rings is 1. The third-order valence-corrected chi connectivity index (χ3v) is 3.35. The minimum atomic E-state index is 0.483. The third-order valence-electron chi connectivity index (χ3n) is 2.01. The third kappa shape index (κ3) is 2.26. The van der Waals surface area contributed by atoms with E-state index in [1.165, 1.54) is 0 Å². The van der Waals surface area contributed by atoms with E-state index in [-0.39, 0.29) is 0 Å².